The van der Waals surface area contributed by atoms with E-state index in [1.165, 1.54) is 48.6 Å². The quantitative estimate of drug-likeness (QED) is 0.182. The number of pyridine rings is 1. The third-order valence-electron chi connectivity index (χ3n) is 12.0. The van der Waals surface area contributed by atoms with Crippen LogP contribution in [0.15, 0.2) is 214 Å². The lowest BCUT2D eigenvalue weighted by Gasteiger charge is -2.39. The summed E-state index contributed by atoms with van der Waals surface area (Å²) in [4.78, 5) is 18.4. The lowest BCUT2D eigenvalue weighted by molar-refractivity contribution is 0.674. The molecule has 1 aliphatic carbocycles. The number of amidine groups is 2. The average molecular weight is 759 g/mol. The molecule has 4 nitrogen and oxygen atoms in total. The predicted molar refractivity (Wildman–Crippen MR) is 238 cm³/mol. The van der Waals surface area contributed by atoms with E-state index >= 15 is 0 Å². The Hall–Kier alpha value is -7.08. The second-order valence-corrected chi connectivity index (χ2v) is 16.2. The molecular formula is C53H34N4S. The highest BCUT2D eigenvalue weighted by Gasteiger charge is 2.50. The lowest BCUT2D eigenvalue weighted by Crippen LogP contribution is -2.33. The normalized spacial score (nSPS) is 15.8. The maximum atomic E-state index is 5.52. The van der Waals surface area contributed by atoms with Crippen molar-refractivity contribution in [2.75, 3.05) is 0 Å². The molecule has 58 heavy (non-hydrogen) atoms. The number of aromatic nitrogens is 1. The van der Waals surface area contributed by atoms with Crippen molar-refractivity contribution in [3.63, 3.8) is 0 Å². The van der Waals surface area contributed by atoms with Crippen molar-refractivity contribution >= 4 is 45.1 Å². The molecule has 3 aliphatic rings. The smallest absolute Gasteiger partial charge is 0.159 e. The summed E-state index contributed by atoms with van der Waals surface area (Å²) in [6.45, 7) is 0. The van der Waals surface area contributed by atoms with Crippen LogP contribution in [0.1, 0.15) is 45.1 Å². The highest BCUT2D eigenvalue weighted by Crippen LogP contribution is 2.63. The summed E-state index contributed by atoms with van der Waals surface area (Å²) >= 11 is 1.88. The number of fused-ring (bicyclic) bond motifs is 13. The Kier molecular flexibility index (Phi) is 7.41. The van der Waals surface area contributed by atoms with E-state index in [4.69, 9.17) is 15.0 Å². The van der Waals surface area contributed by atoms with E-state index < -0.39 is 5.41 Å². The molecule has 2 aliphatic heterocycles. The van der Waals surface area contributed by atoms with Gasteiger partial charge in [-0.25, -0.2) is 15.0 Å². The zero-order chi connectivity index (χ0) is 38.2. The molecule has 0 amide bonds. The molecule has 0 saturated carbocycles. The molecule has 1 unspecified atom stereocenters. The highest BCUT2D eigenvalue weighted by molar-refractivity contribution is 7.99. The largest absolute Gasteiger partial charge is 0.344 e. The molecule has 272 valence electrons. The summed E-state index contributed by atoms with van der Waals surface area (Å²) in [5.74, 6) is 1.47. The van der Waals surface area contributed by atoms with Crippen LogP contribution in [-0.4, -0.2) is 16.7 Å². The fourth-order valence-corrected chi connectivity index (χ4v) is 10.7. The van der Waals surface area contributed by atoms with E-state index in [1.807, 2.05) is 36.0 Å². The monoisotopic (exact) mass is 758 g/mol. The van der Waals surface area contributed by atoms with Crippen molar-refractivity contribution in [3.8, 4) is 22.4 Å². The highest BCUT2D eigenvalue weighted by atomic mass is 32.2. The third-order valence-corrected chi connectivity index (χ3v) is 13.1. The van der Waals surface area contributed by atoms with Crippen molar-refractivity contribution in [1.82, 2.24) is 10.3 Å². The number of hydrogen-bond donors (Lipinski definition) is 1. The summed E-state index contributed by atoms with van der Waals surface area (Å²) < 4.78 is 0. The maximum Gasteiger partial charge on any atom is 0.159 e. The molecule has 1 N–H and O–H groups in total. The van der Waals surface area contributed by atoms with Crippen LogP contribution in [0.4, 0.5) is 0 Å². The Bertz CT molecular complexity index is 3130. The van der Waals surface area contributed by atoms with Gasteiger partial charge in [0, 0.05) is 42.6 Å². The van der Waals surface area contributed by atoms with Crippen LogP contribution in [-0.2, 0) is 5.41 Å². The Morgan fingerprint density at radius 3 is 1.83 bits per heavy atom. The lowest BCUT2D eigenvalue weighted by atomic mass is 9.67. The van der Waals surface area contributed by atoms with Gasteiger partial charge in [-0.3, -0.25) is 0 Å². The molecule has 0 bridgehead atoms. The topological polar surface area (TPSA) is 49.6 Å². The SMILES string of the molecule is c1ccc(C2=NC(c3ccccc3)NC(c3ccc4c(c3)nc(-c3ccccc3)c3ccc5c(c34)-c3ccccc3C53c4ccccc4Sc4ccccc43)=N2)cc1. The first kappa shape index (κ1) is 33.1. The summed E-state index contributed by atoms with van der Waals surface area (Å²) in [6, 6.07) is 69.7. The minimum atomic E-state index is -0.471. The Labute approximate surface area is 340 Å². The standard InChI is InChI=1S/C53H34N4S/c1-4-16-33(17-5-1)49-39-30-31-43-48(37-22-10-11-23-40(37)53(43)41-24-12-14-26-45(41)58-46-27-15-13-25-42(46)53)47(39)38-29-28-36(32-44(38)54-49)52-56-50(34-18-6-2-7-19-34)55-51(57-52)35-20-8-3-9-21-35/h1-32,50H,(H,55,56,57). The Morgan fingerprint density at radius 1 is 0.500 bits per heavy atom. The van der Waals surface area contributed by atoms with Crippen molar-refractivity contribution in [3.05, 3.63) is 233 Å². The number of nitrogens with zero attached hydrogens (tertiary/aromatic N) is 3. The van der Waals surface area contributed by atoms with Gasteiger partial charge in [-0.05, 0) is 57.1 Å². The third kappa shape index (κ3) is 4.87. The van der Waals surface area contributed by atoms with Crippen LogP contribution in [0.2, 0.25) is 0 Å². The first-order chi connectivity index (χ1) is 28.8. The Morgan fingerprint density at radius 2 is 1.10 bits per heavy atom. The van der Waals surface area contributed by atoms with Crippen molar-refractivity contribution in [2.24, 2.45) is 9.98 Å². The number of rotatable bonds is 4. The molecule has 0 radical (unpaired) electrons. The van der Waals surface area contributed by atoms with Gasteiger partial charge in [-0.15, -0.1) is 0 Å². The maximum absolute atomic E-state index is 5.52. The molecule has 0 saturated heterocycles. The second-order valence-electron chi connectivity index (χ2n) is 15.1. The number of nitrogens with one attached hydrogen (secondary N) is 1. The first-order valence-corrected chi connectivity index (χ1v) is 20.5. The van der Waals surface area contributed by atoms with Crippen molar-refractivity contribution < 1.29 is 0 Å². The number of benzene rings is 8. The molecular weight excluding hydrogens is 725 g/mol. The molecule has 12 rings (SSSR count). The van der Waals surface area contributed by atoms with E-state index in [-0.39, 0.29) is 6.17 Å². The van der Waals surface area contributed by atoms with E-state index in [0.717, 1.165) is 50.1 Å². The summed E-state index contributed by atoms with van der Waals surface area (Å²) in [5, 5.41) is 7.15. The first-order valence-electron chi connectivity index (χ1n) is 19.7. The number of hydrogen-bond acceptors (Lipinski definition) is 5. The molecule has 9 aromatic rings. The van der Waals surface area contributed by atoms with Gasteiger partial charge in [0.2, 0.25) is 0 Å². The van der Waals surface area contributed by atoms with Gasteiger partial charge in [0.15, 0.2) is 5.84 Å². The van der Waals surface area contributed by atoms with Crippen LogP contribution >= 0.6 is 11.8 Å². The molecule has 0 fully saturated rings. The van der Waals surface area contributed by atoms with Gasteiger partial charge in [0.25, 0.3) is 0 Å². The van der Waals surface area contributed by atoms with E-state index in [1.54, 1.807) is 0 Å². The summed E-state index contributed by atoms with van der Waals surface area (Å²) in [7, 11) is 0. The van der Waals surface area contributed by atoms with Gasteiger partial charge in [0.1, 0.15) is 12.0 Å². The second kappa shape index (κ2) is 13.0. The zero-order valence-corrected chi connectivity index (χ0v) is 32.1. The zero-order valence-electron chi connectivity index (χ0n) is 31.3. The van der Waals surface area contributed by atoms with Crippen molar-refractivity contribution in [2.45, 2.75) is 21.4 Å². The van der Waals surface area contributed by atoms with Crippen LogP contribution in [0.5, 0.6) is 0 Å². The minimum absolute atomic E-state index is 0.292. The minimum Gasteiger partial charge on any atom is -0.344 e. The fourth-order valence-electron chi connectivity index (χ4n) is 9.52. The molecule has 8 aromatic carbocycles. The van der Waals surface area contributed by atoms with Crippen molar-refractivity contribution in [1.29, 1.82) is 0 Å². The molecule has 1 spiro atoms. The molecule has 5 heteroatoms. The van der Waals surface area contributed by atoms with E-state index in [0.29, 0.717) is 5.84 Å². The van der Waals surface area contributed by atoms with Gasteiger partial charge in [0.05, 0.1) is 16.6 Å². The van der Waals surface area contributed by atoms with Gasteiger partial charge >= 0.3 is 0 Å². The summed E-state index contributed by atoms with van der Waals surface area (Å²) in [5.41, 5.74) is 13.3. The Balaban J connectivity index is 1.14. The predicted octanol–water partition coefficient (Wildman–Crippen LogP) is 12.4. The molecule has 3 heterocycles. The molecule has 1 atom stereocenters. The van der Waals surface area contributed by atoms with Crippen LogP contribution < -0.4 is 5.32 Å². The molecule has 1 aromatic heterocycles. The van der Waals surface area contributed by atoms with Gasteiger partial charge < -0.3 is 5.32 Å². The van der Waals surface area contributed by atoms with Gasteiger partial charge in [-0.1, -0.05) is 188 Å². The fraction of sp³-hybridized carbons (Fsp3) is 0.0377. The van der Waals surface area contributed by atoms with Crippen LogP contribution in [0, 0.1) is 0 Å². The van der Waals surface area contributed by atoms with Crippen LogP contribution in [0.3, 0.4) is 0 Å². The van der Waals surface area contributed by atoms with E-state index in [9.17, 15) is 0 Å². The van der Waals surface area contributed by atoms with Gasteiger partial charge in [-0.2, -0.15) is 0 Å². The number of aliphatic imine (C=N–C) groups is 2. The summed E-state index contributed by atoms with van der Waals surface area (Å²) in [6.07, 6.45) is -0.292. The average Bonchev–Trinajstić information content (AvgIpc) is 3.60. The van der Waals surface area contributed by atoms with E-state index in [2.05, 4.69) is 175 Å². The van der Waals surface area contributed by atoms with Crippen LogP contribution in [0.25, 0.3) is 44.1 Å².